The number of nitrogens with zero attached hydrogens (tertiary/aromatic N) is 1. The molecule has 0 saturated carbocycles. The van der Waals surface area contributed by atoms with E-state index < -0.39 is 0 Å². The first-order chi connectivity index (χ1) is 7.86. The van der Waals surface area contributed by atoms with Crippen LogP contribution in [0, 0.1) is 0 Å². The lowest BCUT2D eigenvalue weighted by molar-refractivity contribution is -0.122. The van der Waals surface area contributed by atoms with E-state index in [2.05, 4.69) is 15.6 Å². The van der Waals surface area contributed by atoms with Crippen LogP contribution in [0.3, 0.4) is 0 Å². The van der Waals surface area contributed by atoms with Crippen molar-refractivity contribution >= 4 is 5.91 Å². The van der Waals surface area contributed by atoms with Crippen LogP contribution in [0.5, 0.6) is 0 Å². The van der Waals surface area contributed by atoms with Gasteiger partial charge >= 0.3 is 0 Å². The molecule has 1 fully saturated rings. The quantitative estimate of drug-likeness (QED) is 0.775. The summed E-state index contributed by atoms with van der Waals surface area (Å²) in [7, 11) is 0. The number of rotatable bonds is 4. The molecule has 0 aliphatic carbocycles. The van der Waals surface area contributed by atoms with E-state index in [1.165, 1.54) is 0 Å². The van der Waals surface area contributed by atoms with E-state index in [1.54, 1.807) is 6.20 Å². The molecule has 2 N–H and O–H groups in total. The molecule has 1 saturated heterocycles. The molecule has 86 valence electrons. The van der Waals surface area contributed by atoms with Crippen LogP contribution in [-0.4, -0.2) is 30.0 Å². The fourth-order valence-corrected chi connectivity index (χ4v) is 1.91. The maximum atomic E-state index is 11.6. The van der Waals surface area contributed by atoms with E-state index in [0.717, 1.165) is 31.4 Å². The van der Waals surface area contributed by atoms with Crippen molar-refractivity contribution in [2.45, 2.75) is 25.3 Å². The van der Waals surface area contributed by atoms with Crippen LogP contribution in [0.4, 0.5) is 0 Å². The molecule has 4 nitrogen and oxygen atoms in total. The Labute approximate surface area is 95.5 Å². The Balaban J connectivity index is 1.70. The van der Waals surface area contributed by atoms with Crippen LogP contribution in [0.15, 0.2) is 24.5 Å². The number of aromatic nitrogens is 1. The van der Waals surface area contributed by atoms with Crippen LogP contribution in [0.1, 0.15) is 18.4 Å². The number of nitrogens with one attached hydrogen (secondary N) is 2. The standard InChI is InChI=1S/C12H17N3O/c16-12(11-4-2-7-14-11)15-8-5-10-3-1-6-13-9-10/h1,3,6,9,11,14H,2,4-5,7-8H2,(H,15,16)/t11-/m1/s1. The second-order valence-electron chi connectivity index (χ2n) is 4.05. The third-order valence-electron chi connectivity index (χ3n) is 2.81. The van der Waals surface area contributed by atoms with Crippen LogP contribution >= 0.6 is 0 Å². The van der Waals surface area contributed by atoms with Gasteiger partial charge in [0.05, 0.1) is 6.04 Å². The molecule has 1 aromatic rings. The van der Waals surface area contributed by atoms with Crippen LogP contribution in [0.25, 0.3) is 0 Å². The maximum absolute atomic E-state index is 11.6. The predicted molar refractivity (Wildman–Crippen MR) is 62.0 cm³/mol. The molecule has 0 aromatic carbocycles. The molecular formula is C12H17N3O. The van der Waals surface area contributed by atoms with E-state index in [4.69, 9.17) is 0 Å². The van der Waals surface area contributed by atoms with Gasteiger partial charge in [0.1, 0.15) is 0 Å². The van der Waals surface area contributed by atoms with E-state index in [9.17, 15) is 4.79 Å². The van der Waals surface area contributed by atoms with Gasteiger partial charge in [-0.25, -0.2) is 0 Å². The lowest BCUT2D eigenvalue weighted by Crippen LogP contribution is -2.41. The summed E-state index contributed by atoms with van der Waals surface area (Å²) in [5, 5.41) is 6.12. The summed E-state index contributed by atoms with van der Waals surface area (Å²) in [6.45, 7) is 1.64. The highest BCUT2D eigenvalue weighted by Gasteiger charge is 2.20. The van der Waals surface area contributed by atoms with E-state index in [1.807, 2.05) is 18.3 Å². The first-order valence-corrected chi connectivity index (χ1v) is 5.76. The van der Waals surface area contributed by atoms with Crippen molar-refractivity contribution in [2.24, 2.45) is 0 Å². The zero-order valence-electron chi connectivity index (χ0n) is 9.28. The zero-order chi connectivity index (χ0) is 11.2. The number of hydrogen-bond donors (Lipinski definition) is 2. The predicted octanol–water partition coefficient (Wildman–Crippen LogP) is 0.492. The van der Waals surface area contributed by atoms with Crippen molar-refractivity contribution in [1.29, 1.82) is 0 Å². The molecule has 1 amide bonds. The molecule has 0 bridgehead atoms. The van der Waals surface area contributed by atoms with Crippen molar-refractivity contribution in [3.63, 3.8) is 0 Å². The molecular weight excluding hydrogens is 202 g/mol. The highest BCUT2D eigenvalue weighted by Crippen LogP contribution is 2.04. The summed E-state index contributed by atoms with van der Waals surface area (Å²) < 4.78 is 0. The van der Waals surface area contributed by atoms with Crippen LogP contribution in [0.2, 0.25) is 0 Å². The fourth-order valence-electron chi connectivity index (χ4n) is 1.91. The normalized spacial score (nSPS) is 19.6. The van der Waals surface area contributed by atoms with Crippen molar-refractivity contribution in [3.05, 3.63) is 30.1 Å². The number of pyridine rings is 1. The van der Waals surface area contributed by atoms with Crippen molar-refractivity contribution in [3.8, 4) is 0 Å². The molecule has 0 unspecified atom stereocenters. The number of carbonyl (C=O) groups excluding carboxylic acids is 1. The Morgan fingerprint density at radius 3 is 3.25 bits per heavy atom. The van der Waals surface area contributed by atoms with Crippen molar-refractivity contribution < 1.29 is 4.79 Å². The first kappa shape index (κ1) is 11.1. The Morgan fingerprint density at radius 1 is 1.62 bits per heavy atom. The van der Waals surface area contributed by atoms with Crippen molar-refractivity contribution in [2.75, 3.05) is 13.1 Å². The topological polar surface area (TPSA) is 54.0 Å². The third kappa shape index (κ3) is 3.03. The fraction of sp³-hybridized carbons (Fsp3) is 0.500. The lowest BCUT2D eigenvalue weighted by atomic mass is 10.2. The Morgan fingerprint density at radius 2 is 2.56 bits per heavy atom. The van der Waals surface area contributed by atoms with Gasteiger partial charge in [-0.05, 0) is 37.4 Å². The van der Waals surface area contributed by atoms with Gasteiger partial charge in [-0.15, -0.1) is 0 Å². The van der Waals surface area contributed by atoms with E-state index >= 15 is 0 Å². The third-order valence-corrected chi connectivity index (χ3v) is 2.81. The Bertz CT molecular complexity index is 333. The molecule has 16 heavy (non-hydrogen) atoms. The van der Waals surface area contributed by atoms with Gasteiger partial charge in [0, 0.05) is 18.9 Å². The van der Waals surface area contributed by atoms with Crippen LogP contribution in [-0.2, 0) is 11.2 Å². The molecule has 4 heteroatoms. The average Bonchev–Trinajstić information content (AvgIpc) is 2.84. The maximum Gasteiger partial charge on any atom is 0.237 e. The molecule has 0 spiro atoms. The van der Waals surface area contributed by atoms with Gasteiger partial charge in [0.15, 0.2) is 0 Å². The summed E-state index contributed by atoms with van der Waals surface area (Å²) >= 11 is 0. The molecule has 1 atom stereocenters. The highest BCUT2D eigenvalue weighted by molar-refractivity contribution is 5.81. The van der Waals surface area contributed by atoms with Gasteiger partial charge in [0.2, 0.25) is 5.91 Å². The summed E-state index contributed by atoms with van der Waals surface area (Å²) in [5.74, 6) is 0.126. The summed E-state index contributed by atoms with van der Waals surface area (Å²) in [6, 6.07) is 3.96. The van der Waals surface area contributed by atoms with Gasteiger partial charge in [-0.3, -0.25) is 9.78 Å². The molecule has 2 rings (SSSR count). The minimum absolute atomic E-state index is 0.0221. The highest BCUT2D eigenvalue weighted by atomic mass is 16.2. The summed E-state index contributed by atoms with van der Waals surface area (Å²) in [5.41, 5.74) is 1.15. The minimum atomic E-state index is 0.0221. The Kier molecular flexibility index (Phi) is 3.88. The second-order valence-corrected chi connectivity index (χ2v) is 4.05. The summed E-state index contributed by atoms with van der Waals surface area (Å²) in [4.78, 5) is 15.7. The number of carbonyl (C=O) groups is 1. The SMILES string of the molecule is O=C(NCCc1cccnc1)[C@H]1CCCN1. The van der Waals surface area contributed by atoms with Gasteiger partial charge in [-0.1, -0.05) is 6.07 Å². The smallest absolute Gasteiger partial charge is 0.237 e. The van der Waals surface area contributed by atoms with Crippen molar-refractivity contribution in [1.82, 2.24) is 15.6 Å². The number of amides is 1. The monoisotopic (exact) mass is 219 g/mol. The van der Waals surface area contributed by atoms with Gasteiger partial charge < -0.3 is 10.6 Å². The Hall–Kier alpha value is -1.42. The number of hydrogen-bond acceptors (Lipinski definition) is 3. The molecule has 1 aliphatic rings. The van der Waals surface area contributed by atoms with E-state index in [0.29, 0.717) is 6.54 Å². The average molecular weight is 219 g/mol. The van der Waals surface area contributed by atoms with Crippen LogP contribution < -0.4 is 10.6 Å². The summed E-state index contributed by atoms with van der Waals surface area (Å²) in [6.07, 6.45) is 6.48. The molecule has 1 aliphatic heterocycles. The molecule has 0 radical (unpaired) electrons. The first-order valence-electron chi connectivity index (χ1n) is 5.76. The van der Waals surface area contributed by atoms with Gasteiger partial charge in [-0.2, -0.15) is 0 Å². The van der Waals surface area contributed by atoms with Gasteiger partial charge in [0.25, 0.3) is 0 Å². The van der Waals surface area contributed by atoms with E-state index in [-0.39, 0.29) is 11.9 Å². The zero-order valence-corrected chi connectivity index (χ0v) is 9.28. The second kappa shape index (κ2) is 5.61. The molecule has 2 heterocycles. The molecule has 1 aromatic heterocycles. The largest absolute Gasteiger partial charge is 0.354 e. The lowest BCUT2D eigenvalue weighted by Gasteiger charge is -2.10. The minimum Gasteiger partial charge on any atom is -0.354 e.